The molecule has 2 rings (SSSR count). The molecule has 1 aliphatic rings. The van der Waals surface area contributed by atoms with Crippen LogP contribution in [0, 0.1) is 0 Å². The maximum atomic E-state index is 11.9. The normalized spacial score (nSPS) is 19.3. The van der Waals surface area contributed by atoms with Crippen molar-refractivity contribution in [1.82, 2.24) is 14.9 Å². The van der Waals surface area contributed by atoms with E-state index in [1.165, 1.54) is 22.9 Å². The first-order chi connectivity index (χ1) is 8.09. The number of hydrogen-bond donors (Lipinski definition) is 2. The van der Waals surface area contributed by atoms with Crippen molar-refractivity contribution in [2.75, 3.05) is 11.6 Å². The second kappa shape index (κ2) is 4.58. The van der Waals surface area contributed by atoms with Gasteiger partial charge in [-0.05, 0) is 0 Å². The molecule has 17 heavy (non-hydrogen) atoms. The molecule has 8 heteroatoms. The van der Waals surface area contributed by atoms with E-state index in [1.54, 1.807) is 0 Å². The molecular weight excluding hydrogens is 246 g/mol. The van der Waals surface area contributed by atoms with Gasteiger partial charge in [-0.2, -0.15) is 0 Å². The van der Waals surface area contributed by atoms with Gasteiger partial charge in [-0.15, -0.1) is 11.8 Å². The Bertz CT molecular complexity index is 495. The highest BCUT2D eigenvalue weighted by Crippen LogP contribution is 2.22. The molecule has 1 aromatic heterocycles. The molecule has 1 aromatic rings. The van der Waals surface area contributed by atoms with E-state index in [4.69, 9.17) is 5.11 Å². The summed E-state index contributed by atoms with van der Waals surface area (Å²) in [6.07, 6.45) is 2.18. The molecule has 0 aromatic carbocycles. The number of hydrogen-bond acceptors (Lipinski definition) is 5. The molecule has 1 amide bonds. The summed E-state index contributed by atoms with van der Waals surface area (Å²) in [5.74, 6) is -0.840. The molecular formula is C9H9N3O4S. The predicted octanol–water partition coefficient (Wildman–Crippen LogP) is -0.630. The van der Waals surface area contributed by atoms with Crippen LogP contribution in [0.15, 0.2) is 17.2 Å². The zero-order valence-electron chi connectivity index (χ0n) is 8.62. The number of aromatic nitrogens is 2. The van der Waals surface area contributed by atoms with Crippen LogP contribution in [-0.4, -0.2) is 49.5 Å². The summed E-state index contributed by atoms with van der Waals surface area (Å²) in [7, 11) is 0. The molecule has 0 radical (unpaired) electrons. The first-order valence-electron chi connectivity index (χ1n) is 4.76. The van der Waals surface area contributed by atoms with Crippen LogP contribution in [0.1, 0.15) is 10.5 Å². The molecule has 1 fully saturated rings. The highest BCUT2D eigenvalue weighted by molar-refractivity contribution is 7.99. The lowest BCUT2D eigenvalue weighted by Crippen LogP contribution is -2.42. The van der Waals surface area contributed by atoms with E-state index in [0.29, 0.717) is 11.6 Å². The van der Waals surface area contributed by atoms with Crippen molar-refractivity contribution < 1.29 is 14.7 Å². The van der Waals surface area contributed by atoms with Gasteiger partial charge in [-0.1, -0.05) is 0 Å². The fourth-order valence-corrected chi connectivity index (χ4v) is 2.60. The summed E-state index contributed by atoms with van der Waals surface area (Å²) in [5.41, 5.74) is -0.370. The average Bonchev–Trinajstić information content (AvgIpc) is 2.78. The maximum absolute atomic E-state index is 11.9. The monoisotopic (exact) mass is 255 g/mol. The lowest BCUT2D eigenvalue weighted by molar-refractivity contribution is -0.140. The Labute approximate surface area is 99.9 Å². The van der Waals surface area contributed by atoms with Crippen molar-refractivity contribution in [2.24, 2.45) is 0 Å². The number of nitrogens with one attached hydrogen (secondary N) is 1. The number of amides is 1. The third-order valence-corrected chi connectivity index (χ3v) is 3.33. The van der Waals surface area contributed by atoms with Gasteiger partial charge in [0.25, 0.3) is 11.5 Å². The summed E-state index contributed by atoms with van der Waals surface area (Å²) in [6, 6.07) is -0.832. The van der Waals surface area contributed by atoms with Gasteiger partial charge in [0.1, 0.15) is 11.7 Å². The second-order valence-corrected chi connectivity index (χ2v) is 4.43. The van der Waals surface area contributed by atoms with E-state index in [9.17, 15) is 14.4 Å². The number of carboxylic acid groups (broad SMARTS) is 1. The molecule has 1 unspecified atom stereocenters. The lowest BCUT2D eigenvalue weighted by Gasteiger charge is -2.19. The van der Waals surface area contributed by atoms with Gasteiger partial charge >= 0.3 is 5.97 Å². The number of carbonyl (C=O) groups is 2. The fraction of sp³-hybridized carbons (Fsp3) is 0.333. The van der Waals surface area contributed by atoms with Gasteiger partial charge in [0.05, 0.1) is 12.1 Å². The van der Waals surface area contributed by atoms with E-state index < -0.39 is 23.5 Å². The number of carbonyl (C=O) groups excluding carboxylic acids is 1. The summed E-state index contributed by atoms with van der Waals surface area (Å²) < 4.78 is 0. The van der Waals surface area contributed by atoms with Crippen LogP contribution in [0.2, 0.25) is 0 Å². The van der Waals surface area contributed by atoms with Crippen molar-refractivity contribution >= 4 is 23.6 Å². The van der Waals surface area contributed by atoms with Crippen molar-refractivity contribution in [2.45, 2.75) is 6.04 Å². The smallest absolute Gasteiger partial charge is 0.327 e. The van der Waals surface area contributed by atoms with Crippen molar-refractivity contribution in [3.8, 4) is 0 Å². The predicted molar refractivity (Wildman–Crippen MR) is 59.8 cm³/mol. The number of aliphatic carboxylic acids is 1. The molecule has 1 atom stereocenters. The third kappa shape index (κ3) is 2.31. The molecule has 7 nitrogen and oxygen atoms in total. The number of thioether (sulfide) groups is 1. The van der Waals surface area contributed by atoms with Crippen LogP contribution in [-0.2, 0) is 4.79 Å². The summed E-state index contributed by atoms with van der Waals surface area (Å²) in [6.45, 7) is 0. The van der Waals surface area contributed by atoms with E-state index >= 15 is 0 Å². The Morgan fingerprint density at radius 2 is 2.35 bits per heavy atom. The number of rotatable bonds is 2. The number of aromatic amines is 1. The van der Waals surface area contributed by atoms with Crippen LogP contribution >= 0.6 is 11.8 Å². The fourth-order valence-electron chi connectivity index (χ4n) is 1.45. The number of H-pyrrole nitrogens is 1. The average molecular weight is 255 g/mol. The Morgan fingerprint density at radius 3 is 2.94 bits per heavy atom. The van der Waals surface area contributed by atoms with E-state index in [2.05, 4.69) is 9.97 Å². The largest absolute Gasteiger partial charge is 0.480 e. The Balaban J connectivity index is 2.22. The molecule has 90 valence electrons. The van der Waals surface area contributed by atoms with Gasteiger partial charge in [-0.25, -0.2) is 9.78 Å². The second-order valence-electron chi connectivity index (χ2n) is 3.43. The van der Waals surface area contributed by atoms with E-state index in [-0.39, 0.29) is 5.69 Å². The minimum atomic E-state index is -1.03. The Kier molecular flexibility index (Phi) is 3.14. The summed E-state index contributed by atoms with van der Waals surface area (Å²) in [4.78, 5) is 40.9. The Hall–Kier alpha value is -1.83. The molecule has 2 N–H and O–H groups in total. The van der Waals surface area contributed by atoms with Crippen LogP contribution in [0.3, 0.4) is 0 Å². The maximum Gasteiger partial charge on any atom is 0.327 e. The summed E-state index contributed by atoms with van der Waals surface area (Å²) >= 11 is 1.37. The zero-order chi connectivity index (χ0) is 12.4. The number of carboxylic acids is 1. The van der Waals surface area contributed by atoms with Crippen LogP contribution in [0.4, 0.5) is 0 Å². The van der Waals surface area contributed by atoms with Gasteiger partial charge in [0, 0.05) is 11.9 Å². The summed E-state index contributed by atoms with van der Waals surface area (Å²) in [5, 5.41) is 8.94. The van der Waals surface area contributed by atoms with Gasteiger partial charge < -0.3 is 15.0 Å². The zero-order valence-corrected chi connectivity index (χ0v) is 9.44. The molecule has 0 spiro atoms. The molecule has 0 aliphatic carbocycles. The molecule has 1 aliphatic heterocycles. The standard InChI is InChI=1S/C9H9N3O4S/c13-7-2-10-5(1-11-7)8(14)12-4-17-3-6(12)9(15)16/h1-2,6H,3-4H2,(H,11,13)(H,15,16). The Morgan fingerprint density at radius 1 is 1.59 bits per heavy atom. The van der Waals surface area contributed by atoms with E-state index in [1.807, 2.05) is 0 Å². The van der Waals surface area contributed by atoms with Crippen LogP contribution < -0.4 is 5.56 Å². The minimum absolute atomic E-state index is 0.0401. The molecule has 2 heterocycles. The molecule has 0 bridgehead atoms. The highest BCUT2D eigenvalue weighted by Gasteiger charge is 2.35. The van der Waals surface area contributed by atoms with Crippen LogP contribution in [0.25, 0.3) is 0 Å². The van der Waals surface area contributed by atoms with Gasteiger partial charge in [0.2, 0.25) is 0 Å². The van der Waals surface area contributed by atoms with Gasteiger partial charge in [0.15, 0.2) is 0 Å². The highest BCUT2D eigenvalue weighted by atomic mass is 32.2. The minimum Gasteiger partial charge on any atom is -0.480 e. The first-order valence-corrected chi connectivity index (χ1v) is 5.91. The lowest BCUT2D eigenvalue weighted by atomic mass is 10.2. The van der Waals surface area contributed by atoms with Crippen LogP contribution in [0.5, 0.6) is 0 Å². The molecule has 0 saturated carbocycles. The van der Waals surface area contributed by atoms with Gasteiger partial charge in [-0.3, -0.25) is 9.59 Å². The van der Waals surface area contributed by atoms with Crippen molar-refractivity contribution in [1.29, 1.82) is 0 Å². The topological polar surface area (TPSA) is 103 Å². The first kappa shape index (κ1) is 11.6. The van der Waals surface area contributed by atoms with Crippen molar-refractivity contribution in [3.63, 3.8) is 0 Å². The quantitative estimate of drug-likeness (QED) is 0.729. The molecule has 1 saturated heterocycles. The number of nitrogens with zero attached hydrogens (tertiary/aromatic N) is 2. The third-order valence-electron chi connectivity index (χ3n) is 2.32. The van der Waals surface area contributed by atoms with E-state index in [0.717, 1.165) is 6.20 Å². The van der Waals surface area contributed by atoms with Crippen molar-refractivity contribution in [3.05, 3.63) is 28.4 Å². The SMILES string of the molecule is O=C(O)C1CSCN1C(=O)c1c[nH]c(=O)cn1.